The summed E-state index contributed by atoms with van der Waals surface area (Å²) in [5.74, 6) is 0.809. The molecule has 0 saturated carbocycles. The minimum atomic E-state index is -0.677. The average Bonchev–Trinajstić information content (AvgIpc) is 2.47. The first-order chi connectivity index (χ1) is 11.6. The Kier molecular flexibility index (Phi) is 13.3. The maximum absolute atomic E-state index is 11.2. The molecule has 0 heterocycles. The summed E-state index contributed by atoms with van der Waals surface area (Å²) in [6, 6.07) is 17.5. The van der Waals surface area contributed by atoms with Gasteiger partial charge in [0.05, 0.1) is 0 Å². The molecule has 0 spiro atoms. The van der Waals surface area contributed by atoms with Crippen LogP contribution in [0.25, 0.3) is 0 Å². The fraction of sp³-hybridized carbons (Fsp3) is 0.318. The second-order valence-electron chi connectivity index (χ2n) is 6.42. The number of phenols is 1. The van der Waals surface area contributed by atoms with Crippen LogP contribution in [0.1, 0.15) is 42.0 Å². The first-order valence-corrected chi connectivity index (χ1v) is 7.92. The number of carbonyl (C=O) groups is 1. The SMILES string of the molecule is C.C=C(C)C.CC(C)(C)OC(=O)Oc1ccccc1.Oc1ccccc1. The van der Waals surface area contributed by atoms with Crippen LogP contribution in [0.2, 0.25) is 0 Å². The van der Waals surface area contributed by atoms with Gasteiger partial charge in [0.2, 0.25) is 0 Å². The summed E-state index contributed by atoms with van der Waals surface area (Å²) in [6.07, 6.45) is -0.677. The highest BCUT2D eigenvalue weighted by molar-refractivity contribution is 5.64. The van der Waals surface area contributed by atoms with Crippen LogP contribution < -0.4 is 4.74 Å². The lowest BCUT2D eigenvalue weighted by molar-refractivity contribution is 0.0206. The lowest BCUT2D eigenvalue weighted by Crippen LogP contribution is -2.25. The Balaban J connectivity index is 0. The zero-order valence-electron chi connectivity index (χ0n) is 15.7. The van der Waals surface area contributed by atoms with Crippen LogP contribution in [0, 0.1) is 0 Å². The van der Waals surface area contributed by atoms with Gasteiger partial charge in [-0.3, -0.25) is 0 Å². The van der Waals surface area contributed by atoms with Crippen LogP contribution in [0.4, 0.5) is 4.79 Å². The van der Waals surface area contributed by atoms with Gasteiger partial charge in [0.25, 0.3) is 0 Å². The Morgan fingerprint density at radius 3 is 1.62 bits per heavy atom. The first-order valence-electron chi connectivity index (χ1n) is 7.92. The molecule has 0 aliphatic heterocycles. The Morgan fingerprint density at radius 1 is 0.923 bits per heavy atom. The van der Waals surface area contributed by atoms with Crippen LogP contribution in [0.5, 0.6) is 11.5 Å². The van der Waals surface area contributed by atoms with E-state index in [4.69, 9.17) is 14.6 Å². The maximum atomic E-state index is 11.2. The van der Waals surface area contributed by atoms with E-state index in [1.807, 2.05) is 26.0 Å². The van der Waals surface area contributed by atoms with E-state index in [2.05, 4.69) is 6.58 Å². The Hall–Kier alpha value is -2.75. The minimum absolute atomic E-state index is 0. The molecular formula is C22H32O4. The Labute approximate surface area is 158 Å². The predicted octanol–water partition coefficient (Wildman–Crippen LogP) is 6.61. The van der Waals surface area contributed by atoms with Crippen molar-refractivity contribution in [1.29, 1.82) is 0 Å². The second kappa shape index (κ2) is 13.5. The highest BCUT2D eigenvalue weighted by Gasteiger charge is 2.17. The largest absolute Gasteiger partial charge is 0.514 e. The summed E-state index contributed by atoms with van der Waals surface area (Å²) >= 11 is 0. The van der Waals surface area contributed by atoms with Crippen molar-refractivity contribution in [3.8, 4) is 11.5 Å². The van der Waals surface area contributed by atoms with Crippen LogP contribution in [0.15, 0.2) is 72.8 Å². The fourth-order valence-corrected chi connectivity index (χ4v) is 1.28. The van der Waals surface area contributed by atoms with E-state index in [0.717, 1.165) is 0 Å². The standard InChI is InChI=1S/C11H14O3.C6H6O.C4H8.CH4/c1-11(2,3)14-10(12)13-9-7-5-4-6-8-9;7-6-4-2-1-3-5-6;1-4(2)3;/h4-8H,1-3H3;1-5,7H;1H2,2-3H3;1H4. The van der Waals surface area contributed by atoms with Gasteiger partial charge in [0, 0.05) is 0 Å². The van der Waals surface area contributed by atoms with Gasteiger partial charge in [0.1, 0.15) is 17.1 Å². The van der Waals surface area contributed by atoms with Gasteiger partial charge in [-0.05, 0) is 58.9 Å². The Bertz CT molecular complexity index is 610. The monoisotopic (exact) mass is 360 g/mol. The van der Waals surface area contributed by atoms with Gasteiger partial charge in [-0.2, -0.15) is 0 Å². The molecule has 0 unspecified atom stereocenters. The molecule has 26 heavy (non-hydrogen) atoms. The van der Waals surface area contributed by atoms with Crippen molar-refractivity contribution in [2.24, 2.45) is 0 Å². The lowest BCUT2D eigenvalue weighted by Gasteiger charge is -2.18. The first kappa shape index (κ1) is 25.5. The molecule has 4 heteroatoms. The Morgan fingerprint density at radius 2 is 1.31 bits per heavy atom. The fourth-order valence-electron chi connectivity index (χ4n) is 1.28. The lowest BCUT2D eigenvalue weighted by atomic mass is 10.2. The summed E-state index contributed by atoms with van der Waals surface area (Å²) in [4.78, 5) is 11.2. The van der Waals surface area contributed by atoms with E-state index in [-0.39, 0.29) is 7.43 Å². The van der Waals surface area contributed by atoms with E-state index in [1.165, 1.54) is 5.57 Å². The normalized spacial score (nSPS) is 9.12. The third-order valence-corrected chi connectivity index (χ3v) is 2.09. The van der Waals surface area contributed by atoms with E-state index in [9.17, 15) is 4.79 Å². The van der Waals surface area contributed by atoms with Gasteiger partial charge in [-0.1, -0.05) is 49.4 Å². The molecule has 2 rings (SSSR count). The molecule has 0 fully saturated rings. The summed E-state index contributed by atoms with van der Waals surface area (Å²) in [7, 11) is 0. The van der Waals surface area contributed by atoms with Crippen LogP contribution in [-0.2, 0) is 4.74 Å². The van der Waals surface area contributed by atoms with E-state index in [0.29, 0.717) is 11.5 Å². The molecule has 0 aliphatic rings. The summed E-state index contributed by atoms with van der Waals surface area (Å²) in [5, 5.41) is 8.63. The number of phenolic OH excluding ortho intramolecular Hbond substituents is 1. The highest BCUT2D eigenvalue weighted by Crippen LogP contribution is 2.13. The maximum Gasteiger partial charge on any atom is 0.514 e. The quantitative estimate of drug-likeness (QED) is 0.353. The molecule has 0 radical (unpaired) electrons. The molecule has 0 bridgehead atoms. The molecule has 0 saturated heterocycles. The van der Waals surface area contributed by atoms with Gasteiger partial charge in [0.15, 0.2) is 0 Å². The van der Waals surface area contributed by atoms with Crippen LogP contribution in [0.3, 0.4) is 0 Å². The van der Waals surface area contributed by atoms with Crippen LogP contribution in [-0.4, -0.2) is 16.9 Å². The molecule has 0 atom stereocenters. The topological polar surface area (TPSA) is 55.8 Å². The van der Waals surface area contributed by atoms with Gasteiger partial charge in [-0.15, -0.1) is 6.58 Å². The number of allylic oxidation sites excluding steroid dienone is 1. The van der Waals surface area contributed by atoms with Crippen molar-refractivity contribution in [2.75, 3.05) is 0 Å². The van der Waals surface area contributed by atoms with Crippen molar-refractivity contribution < 1.29 is 19.4 Å². The number of hydrogen-bond acceptors (Lipinski definition) is 4. The van der Waals surface area contributed by atoms with E-state index < -0.39 is 11.8 Å². The number of benzene rings is 2. The number of aromatic hydroxyl groups is 1. The molecule has 2 aromatic rings. The zero-order chi connectivity index (χ0) is 19.3. The number of para-hydroxylation sites is 2. The zero-order valence-corrected chi connectivity index (χ0v) is 15.7. The molecule has 0 aromatic heterocycles. The van der Waals surface area contributed by atoms with E-state index in [1.54, 1.807) is 69.3 Å². The highest BCUT2D eigenvalue weighted by atomic mass is 16.7. The summed E-state index contributed by atoms with van der Waals surface area (Å²) in [6.45, 7) is 12.9. The van der Waals surface area contributed by atoms with Crippen LogP contribution >= 0.6 is 0 Å². The van der Waals surface area contributed by atoms with Crippen molar-refractivity contribution in [2.45, 2.75) is 47.6 Å². The summed E-state index contributed by atoms with van der Waals surface area (Å²) < 4.78 is 9.91. The van der Waals surface area contributed by atoms with Gasteiger partial charge < -0.3 is 14.6 Å². The number of carbonyl (C=O) groups excluding carboxylic acids is 1. The molecule has 144 valence electrons. The second-order valence-corrected chi connectivity index (χ2v) is 6.42. The number of hydrogen-bond donors (Lipinski definition) is 1. The minimum Gasteiger partial charge on any atom is -0.508 e. The molecule has 1 N–H and O–H groups in total. The smallest absolute Gasteiger partial charge is 0.508 e. The molecule has 4 nitrogen and oxygen atoms in total. The molecule has 2 aromatic carbocycles. The predicted molar refractivity (Wildman–Crippen MR) is 109 cm³/mol. The summed E-state index contributed by atoms with van der Waals surface area (Å²) in [5.41, 5.74) is 0.645. The third kappa shape index (κ3) is 17.6. The molecule has 0 amide bonds. The molecular weight excluding hydrogens is 328 g/mol. The average molecular weight is 360 g/mol. The van der Waals surface area contributed by atoms with Crippen molar-refractivity contribution >= 4 is 6.16 Å². The van der Waals surface area contributed by atoms with Crippen molar-refractivity contribution in [3.63, 3.8) is 0 Å². The number of ether oxygens (including phenoxy) is 2. The van der Waals surface area contributed by atoms with Gasteiger partial charge >= 0.3 is 6.16 Å². The molecule has 0 aliphatic carbocycles. The van der Waals surface area contributed by atoms with Crippen molar-refractivity contribution in [3.05, 3.63) is 72.8 Å². The van der Waals surface area contributed by atoms with Crippen molar-refractivity contribution in [1.82, 2.24) is 0 Å². The van der Waals surface area contributed by atoms with E-state index >= 15 is 0 Å². The third-order valence-electron chi connectivity index (χ3n) is 2.09. The van der Waals surface area contributed by atoms with Gasteiger partial charge in [-0.25, -0.2) is 4.79 Å². The number of rotatable bonds is 1.